The van der Waals surface area contributed by atoms with E-state index in [-0.39, 0.29) is 28.8 Å². The lowest BCUT2D eigenvalue weighted by Crippen LogP contribution is -2.42. The molecule has 0 radical (unpaired) electrons. The molecule has 1 amide bonds. The van der Waals surface area contributed by atoms with E-state index in [0.29, 0.717) is 42.9 Å². The summed E-state index contributed by atoms with van der Waals surface area (Å²) < 4.78 is 24.4. The van der Waals surface area contributed by atoms with Gasteiger partial charge in [-0.25, -0.2) is 19.2 Å². The summed E-state index contributed by atoms with van der Waals surface area (Å²) in [5.74, 6) is -1.29. The number of aromatic carboxylic acids is 1. The van der Waals surface area contributed by atoms with E-state index in [1.54, 1.807) is 22.3 Å². The molecule has 8 nitrogen and oxygen atoms in total. The van der Waals surface area contributed by atoms with Crippen LogP contribution >= 0.6 is 22.7 Å². The second kappa shape index (κ2) is 11.7. The van der Waals surface area contributed by atoms with E-state index < -0.39 is 11.8 Å². The van der Waals surface area contributed by atoms with Crippen molar-refractivity contribution in [2.24, 2.45) is 0 Å². The van der Waals surface area contributed by atoms with Gasteiger partial charge < -0.3 is 19.3 Å². The predicted octanol–water partition coefficient (Wildman–Crippen LogP) is 7.40. The molecule has 0 atom stereocenters. The van der Waals surface area contributed by atoms with E-state index >= 15 is 4.39 Å². The number of carbonyl (C=O) groups is 2. The number of thiazole rings is 1. The van der Waals surface area contributed by atoms with Gasteiger partial charge in [0.2, 0.25) is 5.91 Å². The van der Waals surface area contributed by atoms with Gasteiger partial charge in [-0.3, -0.25) is 4.79 Å². The lowest BCUT2D eigenvalue weighted by molar-refractivity contribution is -0.135. The highest BCUT2D eigenvalue weighted by Gasteiger charge is 2.31. The molecule has 228 valence electrons. The quantitative estimate of drug-likeness (QED) is 0.210. The number of nitrogens with zero attached hydrogens (tertiary/aromatic N) is 4. The highest BCUT2D eigenvalue weighted by molar-refractivity contribution is 7.21. The number of aromatic nitrogens is 3. The maximum atomic E-state index is 16.1. The fourth-order valence-corrected chi connectivity index (χ4v) is 8.79. The van der Waals surface area contributed by atoms with E-state index in [1.165, 1.54) is 17.4 Å². The lowest BCUT2D eigenvalue weighted by atomic mass is 9.83. The van der Waals surface area contributed by atoms with Crippen LogP contribution in [-0.4, -0.2) is 62.7 Å². The van der Waals surface area contributed by atoms with Crippen LogP contribution in [0.1, 0.15) is 64.0 Å². The fraction of sp³-hybridized carbons (Fsp3) is 0.394. The number of amides is 1. The molecule has 7 rings (SSSR count). The Morgan fingerprint density at radius 1 is 1.05 bits per heavy atom. The van der Waals surface area contributed by atoms with Gasteiger partial charge in [0, 0.05) is 24.0 Å². The molecule has 44 heavy (non-hydrogen) atoms. The largest absolute Gasteiger partial charge is 0.477 e. The van der Waals surface area contributed by atoms with Crippen molar-refractivity contribution in [1.82, 2.24) is 19.4 Å². The maximum absolute atomic E-state index is 16.1. The first-order valence-electron chi connectivity index (χ1n) is 15.1. The van der Waals surface area contributed by atoms with Crippen LogP contribution in [0, 0.1) is 19.7 Å². The molecule has 1 saturated heterocycles. The molecule has 0 spiro atoms. The fourth-order valence-electron chi connectivity index (χ4n) is 6.77. The molecule has 0 bridgehead atoms. The molecular weight excluding hydrogens is 600 g/mol. The van der Waals surface area contributed by atoms with Gasteiger partial charge >= 0.3 is 5.97 Å². The number of pyridine rings is 1. The molecular formula is C33H33FN4O4S2. The first-order chi connectivity index (χ1) is 21.3. The first kappa shape index (κ1) is 29.1. The molecule has 1 aromatic carbocycles. The number of carboxylic acids is 1. The second-order valence-corrected chi connectivity index (χ2v) is 13.9. The number of aryl methyl sites for hydroxylation is 2. The molecule has 1 saturated carbocycles. The number of halogens is 1. The van der Waals surface area contributed by atoms with E-state index in [1.807, 2.05) is 36.6 Å². The number of hydrogen-bond acceptors (Lipinski definition) is 7. The molecule has 1 aliphatic heterocycles. The van der Waals surface area contributed by atoms with Crippen LogP contribution in [0.25, 0.3) is 42.9 Å². The van der Waals surface area contributed by atoms with Gasteiger partial charge in [-0.2, -0.15) is 0 Å². The third-order valence-electron chi connectivity index (χ3n) is 8.81. The molecule has 1 aliphatic carbocycles. The van der Waals surface area contributed by atoms with Crippen LogP contribution in [0.3, 0.4) is 0 Å². The Bertz CT molecular complexity index is 1910. The Balaban J connectivity index is 1.42. The van der Waals surface area contributed by atoms with Crippen molar-refractivity contribution in [2.45, 2.75) is 58.4 Å². The minimum Gasteiger partial charge on any atom is -0.477 e. The van der Waals surface area contributed by atoms with Crippen molar-refractivity contribution >= 4 is 55.7 Å². The molecule has 5 aromatic rings. The van der Waals surface area contributed by atoms with Crippen molar-refractivity contribution in [3.63, 3.8) is 0 Å². The van der Waals surface area contributed by atoms with E-state index in [0.717, 1.165) is 69.2 Å². The van der Waals surface area contributed by atoms with Gasteiger partial charge in [0.25, 0.3) is 0 Å². The summed E-state index contributed by atoms with van der Waals surface area (Å²) in [7, 11) is 0. The summed E-state index contributed by atoms with van der Waals surface area (Å²) in [4.78, 5) is 37.9. The summed E-state index contributed by atoms with van der Waals surface area (Å²) in [6, 6.07) is 8.97. The Labute approximate surface area is 262 Å². The van der Waals surface area contributed by atoms with Crippen LogP contribution in [-0.2, 0) is 16.1 Å². The number of rotatable bonds is 6. The summed E-state index contributed by atoms with van der Waals surface area (Å²) in [5.41, 5.74) is 5.07. The zero-order valence-corrected chi connectivity index (χ0v) is 26.3. The molecule has 0 unspecified atom stereocenters. The molecule has 2 fully saturated rings. The van der Waals surface area contributed by atoms with Crippen molar-refractivity contribution < 1.29 is 23.8 Å². The number of carboxylic acid groups (broad SMARTS) is 1. The highest BCUT2D eigenvalue weighted by Crippen LogP contribution is 2.47. The summed E-state index contributed by atoms with van der Waals surface area (Å²) in [6.07, 6.45) is 5.26. The SMILES string of the molecule is Cc1nc(C)c(-c2ccc3cc(-c4c(C5CCCCC5)c5sc(C(=O)O)cc5n4CC(=O)N4CCOCC4)cc(F)c3n2)s1. The summed E-state index contributed by atoms with van der Waals surface area (Å²) in [5, 5.41) is 11.5. The minimum absolute atomic E-state index is 0.0369. The third kappa shape index (κ3) is 5.20. The van der Waals surface area contributed by atoms with Crippen LogP contribution < -0.4 is 0 Å². The van der Waals surface area contributed by atoms with Crippen LogP contribution in [0.15, 0.2) is 30.3 Å². The average Bonchev–Trinajstić information content (AvgIpc) is 3.70. The van der Waals surface area contributed by atoms with Crippen molar-refractivity contribution in [3.8, 4) is 21.8 Å². The number of morpholine rings is 1. The molecule has 5 heterocycles. The number of benzene rings is 1. The number of fused-ring (bicyclic) bond motifs is 2. The number of ether oxygens (including phenoxy) is 1. The topological polar surface area (TPSA) is 97.5 Å². The zero-order valence-electron chi connectivity index (χ0n) is 24.7. The maximum Gasteiger partial charge on any atom is 0.345 e. The number of thiophene rings is 1. The van der Waals surface area contributed by atoms with E-state index in [2.05, 4.69) is 4.98 Å². The van der Waals surface area contributed by atoms with Crippen LogP contribution in [0.5, 0.6) is 0 Å². The van der Waals surface area contributed by atoms with Gasteiger partial charge in [-0.1, -0.05) is 25.3 Å². The first-order valence-corrected chi connectivity index (χ1v) is 16.7. The molecule has 11 heteroatoms. The Morgan fingerprint density at radius 2 is 1.82 bits per heavy atom. The summed E-state index contributed by atoms with van der Waals surface area (Å²) >= 11 is 2.79. The standard InChI is InChI=1S/C33H33FN4O4S2/c1-18-31(43-19(2)35-18)24-9-8-21-14-22(15-23(34)29(21)36-24)30-28(20-6-4-3-5-7-20)32-25(16-26(44-32)33(40)41)38(30)17-27(39)37-10-12-42-13-11-37/h8-9,14-16,20H,3-7,10-13,17H2,1-2H3,(H,40,41). The third-order valence-corrected chi connectivity index (χ3v) is 11.1. The van der Waals surface area contributed by atoms with Crippen molar-refractivity contribution in [3.05, 3.63) is 57.3 Å². The Kier molecular flexibility index (Phi) is 7.72. The summed E-state index contributed by atoms with van der Waals surface area (Å²) in [6.45, 7) is 5.91. The monoisotopic (exact) mass is 632 g/mol. The molecule has 2 aliphatic rings. The van der Waals surface area contributed by atoms with E-state index in [9.17, 15) is 14.7 Å². The smallest absolute Gasteiger partial charge is 0.345 e. The van der Waals surface area contributed by atoms with Crippen molar-refractivity contribution in [1.29, 1.82) is 0 Å². The second-order valence-electron chi connectivity index (χ2n) is 11.7. The average molecular weight is 633 g/mol. The van der Waals surface area contributed by atoms with Crippen LogP contribution in [0.2, 0.25) is 0 Å². The Morgan fingerprint density at radius 3 is 2.52 bits per heavy atom. The Hall–Kier alpha value is -3.67. The molecule has 1 N–H and O–H groups in total. The predicted molar refractivity (Wildman–Crippen MR) is 171 cm³/mol. The lowest BCUT2D eigenvalue weighted by Gasteiger charge is -2.28. The number of carbonyl (C=O) groups excluding carboxylic acids is 1. The van der Waals surface area contributed by atoms with Crippen molar-refractivity contribution in [2.75, 3.05) is 26.3 Å². The van der Waals surface area contributed by atoms with Gasteiger partial charge in [0.1, 0.15) is 22.8 Å². The van der Waals surface area contributed by atoms with Gasteiger partial charge in [-0.05, 0) is 62.4 Å². The number of hydrogen-bond donors (Lipinski definition) is 1. The zero-order chi connectivity index (χ0) is 30.5. The van der Waals surface area contributed by atoms with Gasteiger partial charge in [0.05, 0.1) is 50.4 Å². The van der Waals surface area contributed by atoms with E-state index in [4.69, 9.17) is 9.72 Å². The normalized spacial score (nSPS) is 16.3. The van der Waals surface area contributed by atoms with Gasteiger partial charge in [0.15, 0.2) is 0 Å². The van der Waals surface area contributed by atoms with Crippen LogP contribution in [0.4, 0.5) is 4.39 Å². The van der Waals surface area contributed by atoms with Gasteiger partial charge in [-0.15, -0.1) is 22.7 Å². The minimum atomic E-state index is -0.988. The molecule has 4 aromatic heterocycles. The highest BCUT2D eigenvalue weighted by atomic mass is 32.1.